The van der Waals surface area contributed by atoms with Crippen molar-refractivity contribution in [2.24, 2.45) is 0 Å². The number of hydrogen-bond donors (Lipinski definition) is 1. The number of nitrogens with zero attached hydrogens (tertiary/aromatic N) is 2. The molecule has 1 heterocycles. The number of aryl methyl sites for hydroxylation is 3. The van der Waals surface area contributed by atoms with Gasteiger partial charge in [0.2, 0.25) is 0 Å². The topological polar surface area (TPSA) is 37.8 Å². The molecule has 1 atom stereocenters. The van der Waals surface area contributed by atoms with Crippen LogP contribution in [0.4, 0.5) is 0 Å². The molecule has 0 amide bonds. The summed E-state index contributed by atoms with van der Waals surface area (Å²) in [4.78, 5) is 8.74. The van der Waals surface area contributed by atoms with Crippen molar-refractivity contribution < 1.29 is 0 Å². The monoisotopic (exact) mass is 287 g/mol. The lowest BCUT2D eigenvalue weighted by atomic mass is 10.0. The van der Waals surface area contributed by atoms with Gasteiger partial charge in [-0.15, -0.1) is 0 Å². The van der Waals surface area contributed by atoms with Crippen molar-refractivity contribution in [2.75, 3.05) is 12.8 Å². The molecule has 4 heteroatoms. The van der Waals surface area contributed by atoms with Gasteiger partial charge in [0.15, 0.2) is 5.16 Å². The molecule has 1 aromatic heterocycles. The molecule has 0 saturated heterocycles. The molecule has 0 radical (unpaired) electrons. The zero-order valence-corrected chi connectivity index (χ0v) is 13.3. The lowest BCUT2D eigenvalue weighted by molar-refractivity contribution is 0.656. The average Bonchev–Trinajstić information content (AvgIpc) is 2.43. The summed E-state index contributed by atoms with van der Waals surface area (Å²) in [6.45, 7) is 6.28. The molecule has 0 spiro atoms. The Labute approximate surface area is 125 Å². The summed E-state index contributed by atoms with van der Waals surface area (Å²) in [6, 6.07) is 8.83. The maximum atomic E-state index is 4.44. The first-order valence-electron chi connectivity index (χ1n) is 6.77. The second-order valence-corrected chi connectivity index (χ2v) is 5.98. The largest absolute Gasteiger partial charge is 0.312 e. The Morgan fingerprint density at radius 2 is 2.00 bits per heavy atom. The normalized spacial score (nSPS) is 12.4. The number of hydrogen-bond acceptors (Lipinski definition) is 4. The minimum absolute atomic E-state index is 0.309. The molecular formula is C16H21N3S. The first kappa shape index (κ1) is 15.0. The highest BCUT2D eigenvalue weighted by atomic mass is 32.2. The van der Waals surface area contributed by atoms with Crippen LogP contribution in [0.3, 0.4) is 0 Å². The molecule has 2 rings (SSSR count). The van der Waals surface area contributed by atoms with E-state index in [1.165, 1.54) is 16.7 Å². The number of nitrogens with one attached hydrogen (secondary N) is 1. The highest BCUT2D eigenvalue weighted by molar-refractivity contribution is 7.99. The molecule has 2 aromatic rings. The Morgan fingerprint density at radius 3 is 2.70 bits per heavy atom. The number of aromatic nitrogens is 2. The zero-order valence-electron chi connectivity index (χ0n) is 12.5. The Hall–Kier alpha value is -1.39. The first-order chi connectivity index (χ1) is 9.60. The fraction of sp³-hybridized carbons (Fsp3) is 0.375. The molecule has 0 fully saturated rings. The SMILES string of the molecule is CNC(CSc1nccc(C)n1)c1cc(C)ccc1C. The lowest BCUT2D eigenvalue weighted by Crippen LogP contribution is -2.20. The van der Waals surface area contributed by atoms with Crippen LogP contribution in [-0.2, 0) is 0 Å². The van der Waals surface area contributed by atoms with Gasteiger partial charge in [-0.05, 0) is 45.0 Å². The van der Waals surface area contributed by atoms with Crippen LogP contribution in [0.25, 0.3) is 0 Å². The highest BCUT2D eigenvalue weighted by Gasteiger charge is 2.13. The van der Waals surface area contributed by atoms with Crippen molar-refractivity contribution >= 4 is 11.8 Å². The van der Waals surface area contributed by atoms with Crippen molar-refractivity contribution in [3.8, 4) is 0 Å². The van der Waals surface area contributed by atoms with Crippen LogP contribution in [0.2, 0.25) is 0 Å². The van der Waals surface area contributed by atoms with Crippen LogP contribution >= 0.6 is 11.8 Å². The Bertz CT molecular complexity index is 584. The van der Waals surface area contributed by atoms with Crippen LogP contribution in [-0.4, -0.2) is 22.8 Å². The Balaban J connectivity index is 2.11. The first-order valence-corrected chi connectivity index (χ1v) is 7.75. The number of rotatable bonds is 5. The van der Waals surface area contributed by atoms with Crippen molar-refractivity contribution in [3.63, 3.8) is 0 Å². The van der Waals surface area contributed by atoms with Gasteiger partial charge in [-0.25, -0.2) is 9.97 Å². The lowest BCUT2D eigenvalue weighted by Gasteiger charge is -2.18. The van der Waals surface area contributed by atoms with Gasteiger partial charge < -0.3 is 5.32 Å². The predicted molar refractivity (Wildman–Crippen MR) is 85.2 cm³/mol. The summed E-state index contributed by atoms with van der Waals surface area (Å²) in [5, 5.41) is 4.24. The van der Waals surface area contributed by atoms with Gasteiger partial charge in [0.25, 0.3) is 0 Å². The standard InChI is InChI=1S/C16H21N3S/c1-11-5-6-12(2)14(9-11)15(17-4)10-20-16-18-8-7-13(3)19-16/h5-9,15,17H,10H2,1-4H3. The number of benzene rings is 1. The summed E-state index contributed by atoms with van der Waals surface area (Å²) in [5.74, 6) is 0.921. The quantitative estimate of drug-likeness (QED) is 0.675. The highest BCUT2D eigenvalue weighted by Crippen LogP contribution is 2.25. The Kier molecular flexibility index (Phi) is 5.15. The van der Waals surface area contributed by atoms with Gasteiger partial charge in [0.1, 0.15) is 0 Å². The van der Waals surface area contributed by atoms with E-state index in [1.54, 1.807) is 11.8 Å². The maximum Gasteiger partial charge on any atom is 0.187 e. The van der Waals surface area contributed by atoms with Gasteiger partial charge in [0.05, 0.1) is 0 Å². The van der Waals surface area contributed by atoms with Crippen LogP contribution in [0.15, 0.2) is 35.6 Å². The molecule has 0 aliphatic heterocycles. The molecule has 0 saturated carbocycles. The van der Waals surface area contributed by atoms with Crippen LogP contribution in [0.5, 0.6) is 0 Å². The van der Waals surface area contributed by atoms with Crippen molar-refractivity contribution in [3.05, 3.63) is 52.8 Å². The second-order valence-electron chi connectivity index (χ2n) is 4.99. The zero-order chi connectivity index (χ0) is 14.5. The van der Waals surface area contributed by atoms with E-state index in [4.69, 9.17) is 0 Å². The van der Waals surface area contributed by atoms with E-state index in [0.717, 1.165) is 16.6 Å². The molecule has 1 unspecified atom stereocenters. The molecule has 0 aliphatic rings. The summed E-state index contributed by atoms with van der Waals surface area (Å²) >= 11 is 1.69. The van der Waals surface area contributed by atoms with E-state index in [2.05, 4.69) is 47.3 Å². The average molecular weight is 287 g/mol. The fourth-order valence-corrected chi connectivity index (χ4v) is 3.12. The van der Waals surface area contributed by atoms with E-state index in [9.17, 15) is 0 Å². The van der Waals surface area contributed by atoms with E-state index in [-0.39, 0.29) is 0 Å². The van der Waals surface area contributed by atoms with Gasteiger partial charge in [-0.3, -0.25) is 0 Å². The molecule has 3 nitrogen and oxygen atoms in total. The molecule has 106 valence electrons. The second kappa shape index (κ2) is 6.86. The van der Waals surface area contributed by atoms with Crippen molar-refractivity contribution in [2.45, 2.75) is 32.0 Å². The third kappa shape index (κ3) is 3.81. The van der Waals surface area contributed by atoms with Gasteiger partial charge in [0, 0.05) is 23.7 Å². The van der Waals surface area contributed by atoms with E-state index in [0.29, 0.717) is 6.04 Å². The van der Waals surface area contributed by atoms with E-state index in [1.807, 2.05) is 26.2 Å². The van der Waals surface area contributed by atoms with E-state index < -0.39 is 0 Å². The Morgan fingerprint density at radius 1 is 1.20 bits per heavy atom. The van der Waals surface area contributed by atoms with Crippen LogP contribution < -0.4 is 5.32 Å². The van der Waals surface area contributed by atoms with Crippen LogP contribution in [0, 0.1) is 20.8 Å². The summed E-state index contributed by atoms with van der Waals surface area (Å²) < 4.78 is 0. The predicted octanol–water partition coefficient (Wildman–Crippen LogP) is 3.45. The molecule has 1 N–H and O–H groups in total. The summed E-state index contributed by atoms with van der Waals surface area (Å²) in [6.07, 6.45) is 1.82. The minimum atomic E-state index is 0.309. The fourth-order valence-electron chi connectivity index (χ4n) is 2.12. The van der Waals surface area contributed by atoms with Crippen LogP contribution in [0.1, 0.15) is 28.4 Å². The third-order valence-electron chi connectivity index (χ3n) is 3.31. The molecule has 0 aliphatic carbocycles. The molecular weight excluding hydrogens is 266 g/mol. The molecule has 1 aromatic carbocycles. The van der Waals surface area contributed by atoms with E-state index >= 15 is 0 Å². The van der Waals surface area contributed by atoms with Gasteiger partial charge >= 0.3 is 0 Å². The number of thioether (sulfide) groups is 1. The molecule has 0 bridgehead atoms. The smallest absolute Gasteiger partial charge is 0.187 e. The minimum Gasteiger partial charge on any atom is -0.312 e. The van der Waals surface area contributed by atoms with Crippen molar-refractivity contribution in [1.82, 2.24) is 15.3 Å². The third-order valence-corrected chi connectivity index (χ3v) is 4.27. The summed E-state index contributed by atoms with van der Waals surface area (Å²) in [5.41, 5.74) is 4.98. The van der Waals surface area contributed by atoms with Crippen molar-refractivity contribution in [1.29, 1.82) is 0 Å². The maximum absolute atomic E-state index is 4.44. The summed E-state index contributed by atoms with van der Waals surface area (Å²) in [7, 11) is 2.00. The van der Waals surface area contributed by atoms with Gasteiger partial charge in [-0.1, -0.05) is 35.5 Å². The molecule has 20 heavy (non-hydrogen) atoms. The van der Waals surface area contributed by atoms with Gasteiger partial charge in [-0.2, -0.15) is 0 Å².